The molecule has 8 heteroatoms. The molecule has 0 aromatic carbocycles. The van der Waals surface area contributed by atoms with Crippen molar-refractivity contribution in [3.8, 4) is 0 Å². The normalized spacial score (nSPS) is 14.5. The Morgan fingerprint density at radius 2 is 2.00 bits per heavy atom. The van der Waals surface area contributed by atoms with Crippen LogP contribution in [0.5, 0.6) is 0 Å². The Bertz CT molecular complexity index is 845. The van der Waals surface area contributed by atoms with Crippen molar-refractivity contribution in [3.05, 3.63) is 50.1 Å². The lowest BCUT2D eigenvalue weighted by atomic mass is 10.2. The van der Waals surface area contributed by atoms with E-state index in [2.05, 4.69) is 10.1 Å². The lowest BCUT2D eigenvalue weighted by molar-refractivity contribution is 0.0756. The molecule has 0 radical (unpaired) electrons. The molecule has 3 heterocycles. The largest absolute Gasteiger partial charge is 0.345 e. The van der Waals surface area contributed by atoms with E-state index in [1.807, 2.05) is 0 Å². The average molecular weight is 303 g/mol. The number of H-pyrrole nitrogens is 1. The van der Waals surface area contributed by atoms with Crippen LogP contribution in [0.4, 0.5) is 0 Å². The summed E-state index contributed by atoms with van der Waals surface area (Å²) in [5.41, 5.74) is 0.263. The van der Waals surface area contributed by atoms with Crippen molar-refractivity contribution in [1.29, 1.82) is 0 Å². The lowest BCUT2D eigenvalue weighted by Gasteiger charge is -2.19. The van der Waals surface area contributed by atoms with Crippen LogP contribution in [-0.2, 0) is 20.0 Å². The van der Waals surface area contributed by atoms with Crippen LogP contribution in [0.15, 0.2) is 21.7 Å². The number of aromatic amines is 1. The number of amides is 1. The predicted molar refractivity (Wildman–Crippen MR) is 78.9 cm³/mol. The first-order chi connectivity index (χ1) is 10.5. The summed E-state index contributed by atoms with van der Waals surface area (Å²) < 4.78 is 2.88. The molecule has 0 atom stereocenters. The minimum Gasteiger partial charge on any atom is -0.336 e. The van der Waals surface area contributed by atoms with Crippen molar-refractivity contribution in [2.75, 3.05) is 13.1 Å². The highest BCUT2D eigenvalue weighted by atomic mass is 16.2. The Labute approximate surface area is 126 Å². The van der Waals surface area contributed by atoms with Gasteiger partial charge in [0, 0.05) is 38.8 Å². The Balaban J connectivity index is 1.84. The van der Waals surface area contributed by atoms with Gasteiger partial charge in [-0.25, -0.2) is 9.48 Å². The van der Waals surface area contributed by atoms with Crippen LogP contribution in [0.1, 0.15) is 21.9 Å². The van der Waals surface area contributed by atoms with Crippen molar-refractivity contribution in [1.82, 2.24) is 24.2 Å². The summed E-state index contributed by atoms with van der Waals surface area (Å²) in [5, 5.41) is 4.17. The molecule has 0 saturated heterocycles. The van der Waals surface area contributed by atoms with Gasteiger partial charge in [0.2, 0.25) is 0 Å². The van der Waals surface area contributed by atoms with Crippen LogP contribution in [0, 0.1) is 6.92 Å². The molecule has 2 aromatic heterocycles. The fourth-order valence-electron chi connectivity index (χ4n) is 2.65. The minimum absolute atomic E-state index is 0.123. The van der Waals surface area contributed by atoms with E-state index in [-0.39, 0.29) is 22.7 Å². The predicted octanol–water partition coefficient (Wildman–Crippen LogP) is -0.723. The molecule has 1 aliphatic heterocycles. The fourth-order valence-corrected chi connectivity index (χ4v) is 2.65. The Kier molecular flexibility index (Phi) is 3.44. The first-order valence-electron chi connectivity index (χ1n) is 7.09. The molecule has 0 saturated carbocycles. The fraction of sp³-hybridized carbons (Fsp3) is 0.429. The van der Waals surface area contributed by atoms with Gasteiger partial charge in [0.25, 0.3) is 11.5 Å². The smallest absolute Gasteiger partial charge is 0.336 e. The molecule has 116 valence electrons. The van der Waals surface area contributed by atoms with Crippen LogP contribution in [-0.4, -0.2) is 43.2 Å². The van der Waals surface area contributed by atoms with Gasteiger partial charge in [-0.05, 0) is 19.1 Å². The number of carbonyl (C=O) groups excluding carboxylic acids is 1. The maximum atomic E-state index is 12.5. The van der Waals surface area contributed by atoms with Crippen LogP contribution in [0.3, 0.4) is 0 Å². The van der Waals surface area contributed by atoms with Crippen LogP contribution >= 0.6 is 0 Å². The minimum atomic E-state index is -0.386. The summed E-state index contributed by atoms with van der Waals surface area (Å²) in [6.07, 6.45) is 0.492. The topological polar surface area (TPSA) is 93.0 Å². The number of rotatable bonds is 1. The molecule has 3 rings (SSSR count). The van der Waals surface area contributed by atoms with Gasteiger partial charge in [0.05, 0.1) is 0 Å². The Morgan fingerprint density at radius 3 is 2.73 bits per heavy atom. The number of pyridine rings is 1. The number of hydrogen-bond donors (Lipinski definition) is 1. The van der Waals surface area contributed by atoms with Gasteiger partial charge in [-0.1, -0.05) is 0 Å². The van der Waals surface area contributed by atoms with Crippen LogP contribution < -0.4 is 11.2 Å². The standard InChI is InChI=1S/C14H17N5O3/c1-9-3-4-10(12(20)15-9)13(21)18-6-5-11-16-17(2)14(22)19(11)8-7-18/h3-4H,5-8H2,1-2H3,(H,15,20). The molecule has 0 fully saturated rings. The number of nitrogens with zero attached hydrogens (tertiary/aromatic N) is 4. The molecule has 1 aliphatic rings. The number of nitrogens with one attached hydrogen (secondary N) is 1. The highest BCUT2D eigenvalue weighted by Crippen LogP contribution is 2.07. The van der Waals surface area contributed by atoms with Gasteiger partial charge in [0.15, 0.2) is 0 Å². The third kappa shape index (κ3) is 2.36. The first-order valence-corrected chi connectivity index (χ1v) is 7.09. The maximum absolute atomic E-state index is 12.5. The molecule has 0 bridgehead atoms. The van der Waals surface area contributed by atoms with Gasteiger partial charge in [-0.3, -0.25) is 14.2 Å². The Morgan fingerprint density at radius 1 is 1.23 bits per heavy atom. The number of aryl methyl sites for hydroxylation is 2. The second-order valence-electron chi connectivity index (χ2n) is 5.40. The third-order valence-corrected chi connectivity index (χ3v) is 3.86. The van der Waals surface area contributed by atoms with Crippen molar-refractivity contribution in [2.24, 2.45) is 7.05 Å². The second-order valence-corrected chi connectivity index (χ2v) is 5.40. The van der Waals surface area contributed by atoms with Crippen LogP contribution in [0.2, 0.25) is 0 Å². The zero-order valence-corrected chi connectivity index (χ0v) is 12.5. The zero-order valence-electron chi connectivity index (χ0n) is 12.5. The molecular formula is C14H17N5O3. The van der Waals surface area contributed by atoms with Crippen molar-refractivity contribution < 1.29 is 4.79 Å². The third-order valence-electron chi connectivity index (χ3n) is 3.86. The number of fused-ring (bicyclic) bond motifs is 1. The van der Waals surface area contributed by atoms with Crippen LogP contribution in [0.25, 0.3) is 0 Å². The quantitative estimate of drug-likeness (QED) is 0.752. The summed E-state index contributed by atoms with van der Waals surface area (Å²) in [6, 6.07) is 3.24. The van der Waals surface area contributed by atoms with E-state index in [4.69, 9.17) is 0 Å². The lowest BCUT2D eigenvalue weighted by Crippen LogP contribution is -2.37. The number of hydrogen-bond acceptors (Lipinski definition) is 4. The first kappa shape index (κ1) is 14.3. The van der Waals surface area contributed by atoms with E-state index < -0.39 is 0 Å². The number of carbonyl (C=O) groups is 1. The Hall–Kier alpha value is -2.64. The van der Waals surface area contributed by atoms with Crippen molar-refractivity contribution in [3.63, 3.8) is 0 Å². The zero-order chi connectivity index (χ0) is 15.9. The van der Waals surface area contributed by atoms with E-state index >= 15 is 0 Å². The molecular weight excluding hydrogens is 286 g/mol. The van der Waals surface area contributed by atoms with E-state index in [9.17, 15) is 14.4 Å². The second kappa shape index (κ2) is 5.28. The summed E-state index contributed by atoms with van der Waals surface area (Å²) in [4.78, 5) is 40.5. The summed E-state index contributed by atoms with van der Waals surface area (Å²) >= 11 is 0. The number of aromatic nitrogens is 4. The van der Waals surface area contributed by atoms with Crippen molar-refractivity contribution >= 4 is 5.91 Å². The van der Waals surface area contributed by atoms with Gasteiger partial charge in [-0.2, -0.15) is 5.10 Å². The van der Waals surface area contributed by atoms with Gasteiger partial charge >= 0.3 is 5.69 Å². The highest BCUT2D eigenvalue weighted by Gasteiger charge is 2.23. The molecule has 8 nitrogen and oxygen atoms in total. The monoisotopic (exact) mass is 303 g/mol. The molecule has 1 N–H and O–H groups in total. The van der Waals surface area contributed by atoms with Gasteiger partial charge < -0.3 is 9.88 Å². The summed E-state index contributed by atoms with van der Waals surface area (Å²) in [7, 11) is 1.61. The molecule has 22 heavy (non-hydrogen) atoms. The average Bonchev–Trinajstić information content (AvgIpc) is 2.64. The van der Waals surface area contributed by atoms with E-state index in [1.165, 1.54) is 4.68 Å². The molecule has 0 unspecified atom stereocenters. The summed E-state index contributed by atoms with van der Waals surface area (Å²) in [6.45, 7) is 2.96. The molecule has 1 amide bonds. The highest BCUT2D eigenvalue weighted by molar-refractivity contribution is 5.93. The summed E-state index contributed by atoms with van der Waals surface area (Å²) in [5.74, 6) is 0.351. The van der Waals surface area contributed by atoms with E-state index in [0.717, 1.165) is 0 Å². The van der Waals surface area contributed by atoms with Crippen molar-refractivity contribution in [2.45, 2.75) is 19.9 Å². The van der Waals surface area contributed by atoms with E-state index in [1.54, 1.807) is 35.6 Å². The molecule has 0 aliphatic carbocycles. The van der Waals surface area contributed by atoms with Gasteiger partial charge in [-0.15, -0.1) is 0 Å². The maximum Gasteiger partial charge on any atom is 0.345 e. The molecule has 0 spiro atoms. The SMILES string of the molecule is Cc1ccc(C(=O)N2CCc3nn(C)c(=O)n3CC2)c(=O)[nH]1. The van der Waals surface area contributed by atoms with E-state index in [0.29, 0.717) is 37.6 Å². The molecule has 2 aromatic rings. The van der Waals surface area contributed by atoms with Gasteiger partial charge in [0.1, 0.15) is 11.4 Å².